The van der Waals surface area contributed by atoms with Gasteiger partial charge < -0.3 is 4.90 Å². The van der Waals surface area contributed by atoms with Gasteiger partial charge in [0.25, 0.3) is 0 Å². The van der Waals surface area contributed by atoms with Gasteiger partial charge in [-0.3, -0.25) is 0 Å². The Kier molecular flexibility index (Phi) is 6.54. The largest absolute Gasteiger partial charge is 0.309 e. The smallest absolute Gasteiger partial charge is 0.0546 e. The van der Waals surface area contributed by atoms with E-state index in [1.165, 1.54) is 65.3 Å². The first-order valence-electron chi connectivity index (χ1n) is 16.2. The molecule has 0 amide bonds. The normalized spacial score (nSPS) is 11.4. The van der Waals surface area contributed by atoms with Crippen molar-refractivity contribution < 1.29 is 0 Å². The average molecular weight is 598 g/mol. The lowest BCUT2D eigenvalue weighted by molar-refractivity contribution is 1.30. The number of rotatable bonds is 5. The first-order chi connectivity index (χ1) is 23.3. The Hall–Kier alpha value is -6.18. The summed E-state index contributed by atoms with van der Waals surface area (Å²) in [6.07, 6.45) is 0. The van der Waals surface area contributed by atoms with Crippen LogP contribution in [0.25, 0.3) is 65.3 Å². The quantitative estimate of drug-likeness (QED) is 0.178. The van der Waals surface area contributed by atoms with E-state index in [1.54, 1.807) is 0 Å². The second-order valence-electron chi connectivity index (χ2n) is 12.1. The molecule has 0 spiro atoms. The van der Waals surface area contributed by atoms with Gasteiger partial charge in [-0.25, -0.2) is 0 Å². The highest BCUT2D eigenvalue weighted by molar-refractivity contribution is 6.21. The minimum atomic E-state index is 1.11. The predicted molar refractivity (Wildman–Crippen MR) is 202 cm³/mol. The van der Waals surface area contributed by atoms with Gasteiger partial charge in [0.1, 0.15) is 0 Å². The molecular weight excluding hydrogens is 567 g/mol. The Balaban J connectivity index is 1.31. The maximum atomic E-state index is 2.45. The van der Waals surface area contributed by atoms with E-state index < -0.39 is 0 Å². The molecule has 0 aliphatic rings. The van der Waals surface area contributed by atoms with Gasteiger partial charge in [-0.15, -0.1) is 0 Å². The SMILES string of the molecule is c1ccc(-c2ccccc2N(c2ccc(-c3cccc4ccccc34)cc2)c2cccc3ccc4c5ccccc5ccc4c23)cc1. The fourth-order valence-electron chi connectivity index (χ4n) is 7.25. The Morgan fingerprint density at radius 1 is 0.277 bits per heavy atom. The standard InChI is InChI=1S/C46H31N/c1-2-12-33(13-3-1)41-20-8-9-22-44(41)47(37-28-24-35(25-29-37)39-21-10-16-32-14-4-6-18-38(32)39)45-23-11-17-36-27-30-42-40-19-7-5-15-34(40)26-31-43(42)46(36)45/h1-31H. The van der Waals surface area contributed by atoms with E-state index in [2.05, 4.69) is 193 Å². The number of anilines is 3. The highest BCUT2D eigenvalue weighted by atomic mass is 15.1. The van der Waals surface area contributed by atoms with Gasteiger partial charge in [0.15, 0.2) is 0 Å². The van der Waals surface area contributed by atoms with Crippen molar-refractivity contribution in [3.63, 3.8) is 0 Å². The lowest BCUT2D eigenvalue weighted by Gasteiger charge is -2.29. The molecule has 0 heterocycles. The maximum absolute atomic E-state index is 2.45. The molecule has 0 atom stereocenters. The number of nitrogens with zero attached hydrogens (tertiary/aromatic N) is 1. The lowest BCUT2D eigenvalue weighted by atomic mass is 9.94. The average Bonchev–Trinajstić information content (AvgIpc) is 3.15. The molecule has 9 rings (SSSR count). The summed E-state index contributed by atoms with van der Waals surface area (Å²) in [4.78, 5) is 2.45. The van der Waals surface area contributed by atoms with Gasteiger partial charge in [0, 0.05) is 16.6 Å². The number of hydrogen-bond acceptors (Lipinski definition) is 1. The zero-order valence-corrected chi connectivity index (χ0v) is 25.8. The molecule has 0 bridgehead atoms. The van der Waals surface area contributed by atoms with Gasteiger partial charge in [-0.05, 0) is 78.7 Å². The molecule has 0 fully saturated rings. The first kappa shape index (κ1) is 27.2. The highest BCUT2D eigenvalue weighted by Crippen LogP contribution is 2.46. The summed E-state index contributed by atoms with van der Waals surface area (Å²) < 4.78 is 0. The van der Waals surface area contributed by atoms with Crippen molar-refractivity contribution in [3.05, 3.63) is 188 Å². The molecule has 47 heavy (non-hydrogen) atoms. The molecule has 0 N–H and O–H groups in total. The van der Waals surface area contributed by atoms with Crippen LogP contribution in [-0.4, -0.2) is 0 Å². The number of benzene rings is 9. The molecule has 220 valence electrons. The Labute approximate surface area is 274 Å². The molecule has 0 saturated carbocycles. The topological polar surface area (TPSA) is 3.24 Å². The maximum Gasteiger partial charge on any atom is 0.0546 e. The molecule has 1 nitrogen and oxygen atoms in total. The van der Waals surface area contributed by atoms with Crippen LogP contribution in [0.2, 0.25) is 0 Å². The zero-order chi connectivity index (χ0) is 31.2. The second kappa shape index (κ2) is 11.3. The molecule has 0 unspecified atom stereocenters. The van der Waals surface area contributed by atoms with E-state index in [4.69, 9.17) is 0 Å². The summed E-state index contributed by atoms with van der Waals surface area (Å²) in [5.74, 6) is 0. The monoisotopic (exact) mass is 597 g/mol. The predicted octanol–water partition coefficient (Wildman–Crippen LogP) is 13.1. The summed E-state index contributed by atoms with van der Waals surface area (Å²) in [5.41, 5.74) is 8.24. The van der Waals surface area contributed by atoms with Crippen molar-refractivity contribution in [1.82, 2.24) is 0 Å². The van der Waals surface area contributed by atoms with E-state index in [0.717, 1.165) is 17.1 Å². The van der Waals surface area contributed by atoms with E-state index in [0.29, 0.717) is 0 Å². The van der Waals surface area contributed by atoms with Crippen LogP contribution in [0, 0.1) is 0 Å². The number of hydrogen-bond donors (Lipinski definition) is 0. The summed E-state index contributed by atoms with van der Waals surface area (Å²) in [6.45, 7) is 0. The van der Waals surface area contributed by atoms with E-state index in [1.807, 2.05) is 0 Å². The van der Waals surface area contributed by atoms with Crippen molar-refractivity contribution in [1.29, 1.82) is 0 Å². The zero-order valence-electron chi connectivity index (χ0n) is 25.8. The second-order valence-corrected chi connectivity index (χ2v) is 12.1. The van der Waals surface area contributed by atoms with Gasteiger partial charge >= 0.3 is 0 Å². The molecule has 9 aromatic rings. The summed E-state index contributed by atoms with van der Waals surface area (Å²) >= 11 is 0. The summed E-state index contributed by atoms with van der Waals surface area (Å²) in [7, 11) is 0. The van der Waals surface area contributed by atoms with Crippen molar-refractivity contribution in [3.8, 4) is 22.3 Å². The molecule has 0 radical (unpaired) electrons. The van der Waals surface area contributed by atoms with Crippen LogP contribution < -0.4 is 4.90 Å². The Morgan fingerprint density at radius 2 is 0.830 bits per heavy atom. The van der Waals surface area contributed by atoms with Crippen LogP contribution in [0.4, 0.5) is 17.1 Å². The molecule has 9 aromatic carbocycles. The van der Waals surface area contributed by atoms with E-state index >= 15 is 0 Å². The Bertz CT molecular complexity index is 2560. The van der Waals surface area contributed by atoms with E-state index in [-0.39, 0.29) is 0 Å². The van der Waals surface area contributed by atoms with Gasteiger partial charge in [-0.2, -0.15) is 0 Å². The van der Waals surface area contributed by atoms with Gasteiger partial charge in [0.2, 0.25) is 0 Å². The number of fused-ring (bicyclic) bond motifs is 6. The summed E-state index contributed by atoms with van der Waals surface area (Å²) in [5, 5.41) is 10.0. The van der Waals surface area contributed by atoms with Crippen molar-refractivity contribution in [2.75, 3.05) is 4.90 Å². The van der Waals surface area contributed by atoms with Crippen LogP contribution in [0.5, 0.6) is 0 Å². The van der Waals surface area contributed by atoms with Gasteiger partial charge in [-0.1, -0.05) is 164 Å². The third kappa shape index (κ3) is 4.64. The molecular formula is C46H31N. The van der Waals surface area contributed by atoms with E-state index in [9.17, 15) is 0 Å². The molecule has 0 aliphatic heterocycles. The molecule has 0 aliphatic carbocycles. The fourth-order valence-corrected chi connectivity index (χ4v) is 7.25. The fraction of sp³-hybridized carbons (Fsp3) is 0. The molecule has 0 aromatic heterocycles. The first-order valence-corrected chi connectivity index (χ1v) is 16.2. The summed E-state index contributed by atoms with van der Waals surface area (Å²) in [6, 6.07) is 68.3. The third-order valence-corrected chi connectivity index (χ3v) is 9.44. The van der Waals surface area contributed by atoms with Gasteiger partial charge in [0.05, 0.1) is 11.4 Å². The third-order valence-electron chi connectivity index (χ3n) is 9.44. The van der Waals surface area contributed by atoms with Crippen molar-refractivity contribution >= 4 is 60.2 Å². The minimum absolute atomic E-state index is 1.11. The molecule has 0 saturated heterocycles. The van der Waals surface area contributed by atoms with Crippen LogP contribution in [0.15, 0.2) is 188 Å². The van der Waals surface area contributed by atoms with Crippen LogP contribution in [-0.2, 0) is 0 Å². The lowest BCUT2D eigenvalue weighted by Crippen LogP contribution is -2.12. The van der Waals surface area contributed by atoms with Crippen LogP contribution in [0.3, 0.4) is 0 Å². The minimum Gasteiger partial charge on any atom is -0.309 e. The van der Waals surface area contributed by atoms with Crippen LogP contribution >= 0.6 is 0 Å². The Morgan fingerprint density at radius 3 is 1.68 bits per heavy atom. The highest BCUT2D eigenvalue weighted by Gasteiger charge is 2.20. The molecule has 1 heteroatoms. The van der Waals surface area contributed by atoms with Crippen LogP contribution in [0.1, 0.15) is 0 Å². The number of para-hydroxylation sites is 1. The van der Waals surface area contributed by atoms with Crippen molar-refractivity contribution in [2.45, 2.75) is 0 Å². The van der Waals surface area contributed by atoms with Crippen molar-refractivity contribution in [2.24, 2.45) is 0 Å².